The fraction of sp³-hybridized carbons (Fsp3) is 0.217. The minimum Gasteiger partial charge on any atom is -0.495 e. The number of nitrogens with one attached hydrogen (secondary N) is 1. The van der Waals surface area contributed by atoms with Crippen molar-refractivity contribution in [1.82, 2.24) is 9.55 Å². The maximum atomic E-state index is 12.5. The lowest BCUT2D eigenvalue weighted by Gasteiger charge is -2.11. The topological polar surface area (TPSA) is 113 Å². The van der Waals surface area contributed by atoms with Crippen LogP contribution in [0.2, 0.25) is 0 Å². The Balaban J connectivity index is 1.35. The maximum absolute atomic E-state index is 12.5. The van der Waals surface area contributed by atoms with Crippen molar-refractivity contribution in [3.05, 3.63) is 75.2 Å². The summed E-state index contributed by atoms with van der Waals surface area (Å²) >= 11 is 1.30. The van der Waals surface area contributed by atoms with Crippen molar-refractivity contribution in [2.75, 3.05) is 12.4 Å². The second-order valence-corrected chi connectivity index (χ2v) is 8.09. The molecule has 0 radical (unpaired) electrons. The number of thiazole rings is 1. The molecule has 4 rings (SSSR count). The standard InChI is InChI=1S/C23H21N3O6S/c1-14(26-17-8-4-6-10-19(17)32-23(26)29)22(28)31-12-15-13-33-21(24-15)11-20(27)25-16-7-3-5-9-18(16)30-2/h3-10,13-14H,11-12H2,1-2H3,(H,25,27). The quantitative estimate of drug-likeness (QED) is 0.394. The number of para-hydroxylation sites is 4. The summed E-state index contributed by atoms with van der Waals surface area (Å²) in [6.07, 6.45) is 0.0729. The molecule has 2 heterocycles. The van der Waals surface area contributed by atoms with Crippen molar-refractivity contribution >= 4 is 40.0 Å². The molecule has 0 saturated carbocycles. The molecule has 0 bridgehead atoms. The van der Waals surface area contributed by atoms with Gasteiger partial charge in [0.2, 0.25) is 5.91 Å². The van der Waals surface area contributed by atoms with E-state index in [0.29, 0.717) is 33.2 Å². The van der Waals surface area contributed by atoms with Crippen LogP contribution in [0.15, 0.2) is 63.1 Å². The molecular weight excluding hydrogens is 446 g/mol. The molecule has 10 heteroatoms. The summed E-state index contributed by atoms with van der Waals surface area (Å²) in [4.78, 5) is 41.4. The van der Waals surface area contributed by atoms with Crippen LogP contribution in [0.4, 0.5) is 5.69 Å². The second kappa shape index (κ2) is 9.70. The normalized spacial score (nSPS) is 11.8. The van der Waals surface area contributed by atoms with E-state index in [2.05, 4.69) is 10.3 Å². The Kier molecular flexibility index (Phi) is 6.55. The average Bonchev–Trinajstić information content (AvgIpc) is 3.40. The number of nitrogens with zero attached hydrogens (tertiary/aromatic N) is 2. The molecule has 1 atom stereocenters. The van der Waals surface area contributed by atoms with Crippen LogP contribution in [0.25, 0.3) is 11.1 Å². The number of methoxy groups -OCH3 is 1. The summed E-state index contributed by atoms with van der Waals surface area (Å²) in [7, 11) is 1.53. The first-order chi connectivity index (χ1) is 16.0. The van der Waals surface area contributed by atoms with E-state index < -0.39 is 17.8 Å². The van der Waals surface area contributed by atoms with Gasteiger partial charge < -0.3 is 19.2 Å². The lowest BCUT2D eigenvalue weighted by atomic mass is 10.3. The summed E-state index contributed by atoms with van der Waals surface area (Å²) in [5.41, 5.74) is 2.01. The number of rotatable bonds is 8. The minimum absolute atomic E-state index is 0.0711. The SMILES string of the molecule is COc1ccccc1NC(=O)Cc1nc(COC(=O)C(C)n2c(=O)oc3ccccc32)cs1. The van der Waals surface area contributed by atoms with Crippen LogP contribution in [0.3, 0.4) is 0 Å². The van der Waals surface area contributed by atoms with Crippen molar-refractivity contribution < 1.29 is 23.5 Å². The largest absolute Gasteiger partial charge is 0.495 e. The summed E-state index contributed by atoms with van der Waals surface area (Å²) in [5.74, 6) is -0.891. The molecule has 33 heavy (non-hydrogen) atoms. The highest BCUT2D eigenvalue weighted by molar-refractivity contribution is 7.09. The first-order valence-electron chi connectivity index (χ1n) is 10.1. The number of ether oxygens (including phenoxy) is 2. The predicted octanol–water partition coefficient (Wildman–Crippen LogP) is 3.55. The lowest BCUT2D eigenvalue weighted by Crippen LogP contribution is -2.26. The molecule has 0 aliphatic heterocycles. The van der Waals surface area contributed by atoms with Gasteiger partial charge in [0.25, 0.3) is 0 Å². The molecule has 0 spiro atoms. The van der Waals surface area contributed by atoms with Gasteiger partial charge in [0.1, 0.15) is 23.4 Å². The van der Waals surface area contributed by atoms with Gasteiger partial charge in [0.05, 0.1) is 30.4 Å². The first-order valence-corrected chi connectivity index (χ1v) is 11.0. The first kappa shape index (κ1) is 22.3. The van der Waals surface area contributed by atoms with Crippen molar-refractivity contribution in [2.45, 2.75) is 26.0 Å². The zero-order valence-electron chi connectivity index (χ0n) is 17.9. The third kappa shape index (κ3) is 4.96. The van der Waals surface area contributed by atoms with Crippen LogP contribution in [-0.2, 0) is 27.4 Å². The molecule has 0 fully saturated rings. The average molecular weight is 468 g/mol. The Hall–Kier alpha value is -3.92. The Morgan fingerprint density at radius 1 is 1.18 bits per heavy atom. The molecule has 2 aromatic carbocycles. The maximum Gasteiger partial charge on any atom is 0.420 e. The van der Waals surface area contributed by atoms with Gasteiger partial charge in [0.15, 0.2) is 5.58 Å². The number of hydrogen-bond donors (Lipinski definition) is 1. The molecule has 0 aliphatic rings. The Bertz CT molecular complexity index is 1360. The summed E-state index contributed by atoms with van der Waals surface area (Å²) in [6.45, 7) is 1.50. The highest BCUT2D eigenvalue weighted by Crippen LogP contribution is 2.23. The number of esters is 1. The molecule has 170 valence electrons. The smallest absolute Gasteiger partial charge is 0.420 e. The van der Waals surface area contributed by atoms with E-state index in [0.717, 1.165) is 0 Å². The fourth-order valence-corrected chi connectivity index (χ4v) is 4.08. The van der Waals surface area contributed by atoms with Crippen molar-refractivity contribution in [1.29, 1.82) is 0 Å². The van der Waals surface area contributed by atoms with Gasteiger partial charge in [-0.2, -0.15) is 0 Å². The van der Waals surface area contributed by atoms with Crippen LogP contribution >= 0.6 is 11.3 Å². The van der Waals surface area contributed by atoms with Crippen LogP contribution in [0, 0.1) is 0 Å². The number of hydrogen-bond acceptors (Lipinski definition) is 8. The third-order valence-corrected chi connectivity index (χ3v) is 5.80. The van der Waals surface area contributed by atoms with Crippen molar-refractivity contribution in [3.8, 4) is 5.75 Å². The van der Waals surface area contributed by atoms with E-state index in [1.165, 1.54) is 23.0 Å². The monoisotopic (exact) mass is 467 g/mol. The van der Waals surface area contributed by atoms with E-state index in [-0.39, 0.29) is 18.9 Å². The van der Waals surface area contributed by atoms with E-state index in [4.69, 9.17) is 13.9 Å². The van der Waals surface area contributed by atoms with Crippen LogP contribution in [0.1, 0.15) is 23.7 Å². The Morgan fingerprint density at radius 2 is 1.94 bits per heavy atom. The molecule has 0 aliphatic carbocycles. The van der Waals surface area contributed by atoms with Crippen LogP contribution in [0.5, 0.6) is 5.75 Å². The van der Waals surface area contributed by atoms with Crippen molar-refractivity contribution in [3.63, 3.8) is 0 Å². The molecular formula is C23H21N3O6S. The molecule has 2 aromatic heterocycles. The van der Waals surface area contributed by atoms with Gasteiger partial charge in [0, 0.05) is 5.38 Å². The number of anilines is 1. The van der Waals surface area contributed by atoms with Gasteiger partial charge in [-0.05, 0) is 31.2 Å². The zero-order valence-corrected chi connectivity index (χ0v) is 18.8. The number of fused-ring (bicyclic) bond motifs is 1. The highest BCUT2D eigenvalue weighted by Gasteiger charge is 2.23. The van der Waals surface area contributed by atoms with Gasteiger partial charge >= 0.3 is 11.7 Å². The second-order valence-electron chi connectivity index (χ2n) is 7.15. The zero-order chi connectivity index (χ0) is 23.4. The van der Waals surface area contributed by atoms with Crippen LogP contribution in [-0.4, -0.2) is 28.5 Å². The Morgan fingerprint density at radius 3 is 2.76 bits per heavy atom. The third-order valence-electron chi connectivity index (χ3n) is 4.90. The minimum atomic E-state index is -0.870. The van der Waals surface area contributed by atoms with Gasteiger partial charge in [-0.1, -0.05) is 24.3 Å². The highest BCUT2D eigenvalue weighted by atomic mass is 32.1. The molecule has 1 amide bonds. The van der Waals surface area contributed by atoms with Gasteiger partial charge in [-0.25, -0.2) is 14.6 Å². The van der Waals surface area contributed by atoms with E-state index in [9.17, 15) is 14.4 Å². The Labute approximate surface area is 192 Å². The van der Waals surface area contributed by atoms with E-state index in [1.807, 2.05) is 6.07 Å². The molecule has 0 saturated heterocycles. The van der Waals surface area contributed by atoms with Crippen molar-refractivity contribution in [2.24, 2.45) is 0 Å². The number of oxazole rings is 1. The van der Waals surface area contributed by atoms with Crippen LogP contribution < -0.4 is 15.8 Å². The number of carbonyl (C=O) groups is 2. The predicted molar refractivity (Wildman–Crippen MR) is 122 cm³/mol. The molecule has 1 unspecified atom stereocenters. The number of amides is 1. The fourth-order valence-electron chi connectivity index (χ4n) is 3.30. The molecule has 4 aromatic rings. The number of benzene rings is 2. The van der Waals surface area contributed by atoms with Gasteiger partial charge in [-0.3, -0.25) is 9.36 Å². The number of aromatic nitrogens is 2. The molecule has 1 N–H and O–H groups in total. The lowest BCUT2D eigenvalue weighted by molar-refractivity contribution is -0.148. The number of carbonyl (C=O) groups excluding carboxylic acids is 2. The van der Waals surface area contributed by atoms with Gasteiger partial charge in [-0.15, -0.1) is 11.3 Å². The summed E-state index contributed by atoms with van der Waals surface area (Å²) < 4.78 is 17.0. The summed E-state index contributed by atoms with van der Waals surface area (Å²) in [6, 6.07) is 13.1. The summed E-state index contributed by atoms with van der Waals surface area (Å²) in [5, 5.41) is 5.10. The van der Waals surface area contributed by atoms with E-state index >= 15 is 0 Å². The van der Waals surface area contributed by atoms with E-state index in [1.54, 1.807) is 54.8 Å². The molecule has 9 nitrogen and oxygen atoms in total.